The number of carbonyl (C=O) groups excluding carboxylic acids is 1. The molecule has 0 aromatic heterocycles. The molecule has 24 heavy (non-hydrogen) atoms. The Labute approximate surface area is 141 Å². The van der Waals surface area contributed by atoms with Crippen molar-refractivity contribution in [2.45, 2.75) is 13.3 Å². The van der Waals surface area contributed by atoms with E-state index in [1.807, 2.05) is 24.3 Å². The fourth-order valence-corrected chi connectivity index (χ4v) is 3.62. The zero-order valence-electron chi connectivity index (χ0n) is 13.8. The van der Waals surface area contributed by atoms with Gasteiger partial charge in [0.05, 0.1) is 12.7 Å². The molecule has 0 heterocycles. The summed E-state index contributed by atoms with van der Waals surface area (Å²) in [7, 11) is 1.43. The smallest absolute Gasteiger partial charge is 0.338 e. The molecule has 0 radical (unpaired) electrons. The van der Waals surface area contributed by atoms with Crippen molar-refractivity contribution in [2.75, 3.05) is 7.11 Å². The molecular formula is C22H18O2. The summed E-state index contributed by atoms with van der Waals surface area (Å²) in [5.74, 6) is -0.295. The van der Waals surface area contributed by atoms with E-state index in [0.29, 0.717) is 5.56 Å². The van der Waals surface area contributed by atoms with Gasteiger partial charge in [0.25, 0.3) is 0 Å². The van der Waals surface area contributed by atoms with Crippen LogP contribution in [-0.2, 0) is 11.2 Å². The maximum absolute atomic E-state index is 12.2. The molecule has 0 bridgehead atoms. The summed E-state index contributed by atoms with van der Waals surface area (Å²) >= 11 is 0. The van der Waals surface area contributed by atoms with E-state index < -0.39 is 0 Å². The van der Waals surface area contributed by atoms with Gasteiger partial charge in [-0.3, -0.25) is 0 Å². The second-order valence-corrected chi connectivity index (χ2v) is 6.21. The Morgan fingerprint density at radius 1 is 0.875 bits per heavy atom. The van der Waals surface area contributed by atoms with Crippen LogP contribution in [0.2, 0.25) is 0 Å². The Hall–Kier alpha value is -2.87. The van der Waals surface area contributed by atoms with Crippen LogP contribution in [0.3, 0.4) is 0 Å². The fraction of sp³-hybridized carbons (Fsp3) is 0.136. The predicted molar refractivity (Wildman–Crippen MR) is 96.2 cm³/mol. The van der Waals surface area contributed by atoms with Gasteiger partial charge in [0.2, 0.25) is 0 Å². The van der Waals surface area contributed by atoms with Crippen LogP contribution >= 0.6 is 0 Å². The molecule has 0 aliphatic heterocycles. The summed E-state index contributed by atoms with van der Waals surface area (Å²) in [4.78, 5) is 12.2. The van der Waals surface area contributed by atoms with E-state index in [-0.39, 0.29) is 5.97 Å². The van der Waals surface area contributed by atoms with E-state index in [0.717, 1.165) is 17.5 Å². The number of rotatable bonds is 2. The van der Waals surface area contributed by atoms with E-state index in [2.05, 4.69) is 43.3 Å². The van der Waals surface area contributed by atoms with Gasteiger partial charge >= 0.3 is 5.97 Å². The first-order valence-electron chi connectivity index (χ1n) is 8.08. The molecular weight excluding hydrogens is 296 g/mol. The average Bonchev–Trinajstić information content (AvgIpc) is 2.99. The molecule has 3 aromatic carbocycles. The third kappa shape index (κ3) is 2.23. The minimum absolute atomic E-state index is 0.295. The molecule has 4 rings (SSSR count). The average molecular weight is 314 g/mol. The lowest BCUT2D eigenvalue weighted by atomic mass is 9.91. The van der Waals surface area contributed by atoms with Gasteiger partial charge in [-0.1, -0.05) is 54.6 Å². The van der Waals surface area contributed by atoms with Crippen molar-refractivity contribution in [2.24, 2.45) is 0 Å². The molecule has 118 valence electrons. The molecule has 0 spiro atoms. The van der Waals surface area contributed by atoms with Crippen molar-refractivity contribution in [3.63, 3.8) is 0 Å². The Balaban J connectivity index is 1.97. The van der Waals surface area contributed by atoms with Crippen molar-refractivity contribution in [3.05, 3.63) is 82.9 Å². The number of benzene rings is 3. The van der Waals surface area contributed by atoms with Crippen LogP contribution in [-0.4, -0.2) is 13.1 Å². The third-order valence-electron chi connectivity index (χ3n) is 4.69. The van der Waals surface area contributed by atoms with Gasteiger partial charge < -0.3 is 4.74 Å². The highest BCUT2D eigenvalue weighted by Crippen LogP contribution is 2.43. The molecule has 0 N–H and O–H groups in total. The van der Waals surface area contributed by atoms with Crippen molar-refractivity contribution in [1.82, 2.24) is 0 Å². The van der Waals surface area contributed by atoms with Gasteiger partial charge in [-0.25, -0.2) is 4.79 Å². The zero-order valence-corrected chi connectivity index (χ0v) is 13.8. The number of esters is 1. The number of carbonyl (C=O) groups is 1. The molecule has 3 aromatic rings. The number of hydrogen-bond donors (Lipinski definition) is 0. The van der Waals surface area contributed by atoms with Crippen LogP contribution in [0.15, 0.2) is 60.7 Å². The minimum Gasteiger partial charge on any atom is -0.465 e. The highest BCUT2D eigenvalue weighted by molar-refractivity contribution is 5.99. The van der Waals surface area contributed by atoms with Crippen LogP contribution in [0.1, 0.15) is 27.0 Å². The first-order valence-corrected chi connectivity index (χ1v) is 8.08. The van der Waals surface area contributed by atoms with Gasteiger partial charge in [-0.2, -0.15) is 0 Å². The van der Waals surface area contributed by atoms with Crippen LogP contribution < -0.4 is 0 Å². The molecule has 0 saturated heterocycles. The zero-order chi connectivity index (χ0) is 16.7. The quantitative estimate of drug-likeness (QED) is 0.486. The Bertz CT molecular complexity index is 954. The standard InChI is InChI=1S/C22H18O2/c1-14-11-19-16-8-4-3-7-15(16)13-21(19)20(12-14)17-9-5-6-10-18(17)22(23)24-2/h3-12H,13H2,1-2H3. The lowest BCUT2D eigenvalue weighted by Crippen LogP contribution is -2.04. The Morgan fingerprint density at radius 3 is 2.25 bits per heavy atom. The predicted octanol–water partition coefficient (Wildman–Crippen LogP) is 5.02. The van der Waals surface area contributed by atoms with Gasteiger partial charge in [0.1, 0.15) is 0 Å². The summed E-state index contributed by atoms with van der Waals surface area (Å²) < 4.78 is 4.97. The summed E-state index contributed by atoms with van der Waals surface area (Å²) in [5, 5.41) is 0. The molecule has 2 heteroatoms. The highest BCUT2D eigenvalue weighted by atomic mass is 16.5. The second-order valence-electron chi connectivity index (χ2n) is 6.21. The molecule has 0 amide bonds. The maximum Gasteiger partial charge on any atom is 0.338 e. The molecule has 1 aliphatic carbocycles. The summed E-state index contributed by atoms with van der Waals surface area (Å²) in [6, 6.07) is 20.6. The largest absolute Gasteiger partial charge is 0.465 e. The fourth-order valence-electron chi connectivity index (χ4n) is 3.62. The molecule has 2 nitrogen and oxygen atoms in total. The third-order valence-corrected chi connectivity index (χ3v) is 4.69. The van der Waals surface area contributed by atoms with Crippen LogP contribution in [0.25, 0.3) is 22.3 Å². The number of hydrogen-bond acceptors (Lipinski definition) is 2. The van der Waals surface area contributed by atoms with Gasteiger partial charge in [0.15, 0.2) is 0 Å². The summed E-state index contributed by atoms with van der Waals surface area (Å²) in [6.07, 6.45) is 0.899. The van der Waals surface area contributed by atoms with E-state index >= 15 is 0 Å². The second kappa shape index (κ2) is 5.64. The monoisotopic (exact) mass is 314 g/mol. The Kier molecular flexibility index (Phi) is 3.46. The molecule has 0 unspecified atom stereocenters. The summed E-state index contributed by atoms with van der Waals surface area (Å²) in [6.45, 7) is 2.10. The number of fused-ring (bicyclic) bond motifs is 3. The van der Waals surface area contributed by atoms with Crippen LogP contribution in [0, 0.1) is 6.92 Å². The summed E-state index contributed by atoms with van der Waals surface area (Å²) in [5.41, 5.74) is 9.09. The van der Waals surface area contributed by atoms with Crippen LogP contribution in [0.5, 0.6) is 0 Å². The topological polar surface area (TPSA) is 26.3 Å². The van der Waals surface area contributed by atoms with E-state index in [1.54, 1.807) is 0 Å². The molecule has 0 saturated carbocycles. The van der Waals surface area contributed by atoms with Gasteiger partial charge in [-0.15, -0.1) is 0 Å². The number of methoxy groups -OCH3 is 1. The van der Waals surface area contributed by atoms with E-state index in [9.17, 15) is 4.79 Å². The lowest BCUT2D eigenvalue weighted by Gasteiger charge is -2.14. The normalized spacial score (nSPS) is 11.8. The molecule has 0 fully saturated rings. The van der Waals surface area contributed by atoms with Crippen molar-refractivity contribution in [3.8, 4) is 22.3 Å². The molecule has 0 atom stereocenters. The number of aryl methyl sites for hydroxylation is 1. The van der Waals surface area contributed by atoms with Crippen LogP contribution in [0.4, 0.5) is 0 Å². The van der Waals surface area contributed by atoms with Crippen molar-refractivity contribution in [1.29, 1.82) is 0 Å². The van der Waals surface area contributed by atoms with Gasteiger partial charge in [-0.05, 0) is 58.4 Å². The first-order chi connectivity index (χ1) is 11.7. The SMILES string of the molecule is COC(=O)c1ccccc1-c1cc(C)cc2c1Cc1ccccc1-2. The van der Waals surface area contributed by atoms with E-state index in [4.69, 9.17) is 4.74 Å². The first kappa shape index (κ1) is 14.7. The maximum atomic E-state index is 12.2. The van der Waals surface area contributed by atoms with E-state index in [1.165, 1.54) is 34.9 Å². The Morgan fingerprint density at radius 2 is 1.50 bits per heavy atom. The molecule has 1 aliphatic rings. The van der Waals surface area contributed by atoms with Crippen molar-refractivity contribution >= 4 is 5.97 Å². The van der Waals surface area contributed by atoms with Crippen molar-refractivity contribution < 1.29 is 9.53 Å². The highest BCUT2D eigenvalue weighted by Gasteiger charge is 2.24. The number of ether oxygens (including phenoxy) is 1. The van der Waals surface area contributed by atoms with Gasteiger partial charge in [0, 0.05) is 0 Å². The minimum atomic E-state index is -0.295. The lowest BCUT2D eigenvalue weighted by molar-refractivity contribution is 0.0601.